The number of pyridine rings is 1. The van der Waals surface area contributed by atoms with Gasteiger partial charge in [-0.1, -0.05) is 18.2 Å². The monoisotopic (exact) mass is 408 g/mol. The van der Waals surface area contributed by atoms with Crippen LogP contribution in [0.25, 0.3) is 11.1 Å². The van der Waals surface area contributed by atoms with Crippen molar-refractivity contribution in [3.8, 4) is 5.88 Å². The van der Waals surface area contributed by atoms with Crippen LogP contribution < -0.4 is 15.8 Å². The summed E-state index contributed by atoms with van der Waals surface area (Å²) >= 11 is 0. The maximum Gasteiger partial charge on any atom is 0.417 e. The van der Waals surface area contributed by atoms with Crippen LogP contribution in [-0.4, -0.2) is 47.2 Å². The van der Waals surface area contributed by atoms with E-state index >= 15 is 0 Å². The summed E-state index contributed by atoms with van der Waals surface area (Å²) in [5.74, 6) is 0.767. The van der Waals surface area contributed by atoms with Crippen LogP contribution >= 0.6 is 0 Å². The molecule has 0 spiro atoms. The molecule has 158 valence electrons. The van der Waals surface area contributed by atoms with Gasteiger partial charge in [0.2, 0.25) is 5.88 Å². The number of nitrogens with one attached hydrogen (secondary N) is 2. The normalized spacial score (nSPS) is 19.3. The smallest absolute Gasteiger partial charge is 0.417 e. The van der Waals surface area contributed by atoms with Crippen LogP contribution in [0, 0.1) is 0 Å². The molecule has 7 nitrogen and oxygen atoms in total. The number of fused-ring (bicyclic) bond motifs is 1. The first kappa shape index (κ1) is 19.3. The molecule has 0 saturated carbocycles. The van der Waals surface area contributed by atoms with Gasteiger partial charge in [0.25, 0.3) is 0 Å². The Bertz CT molecular complexity index is 1030. The molecule has 2 aromatic heterocycles. The largest absolute Gasteiger partial charge is 0.474 e. The van der Waals surface area contributed by atoms with Crippen LogP contribution in [0.2, 0.25) is 0 Å². The van der Waals surface area contributed by atoms with E-state index in [0.29, 0.717) is 5.92 Å². The van der Waals surface area contributed by atoms with E-state index in [1.807, 2.05) is 24.4 Å². The minimum atomic E-state index is -0.380. The number of benzene rings is 1. The molecule has 2 fully saturated rings. The molecule has 0 bridgehead atoms. The quantitative estimate of drug-likeness (QED) is 0.675. The van der Waals surface area contributed by atoms with E-state index in [-0.39, 0.29) is 11.9 Å². The van der Waals surface area contributed by atoms with Crippen LogP contribution in [0.3, 0.4) is 0 Å². The van der Waals surface area contributed by atoms with Crippen molar-refractivity contribution in [2.24, 2.45) is 0 Å². The Kier molecular flexibility index (Phi) is 5.55. The number of piperidine rings is 2. The standard InChI is InChI=1S/C23H28N4O3/c28-23-26-20-3-1-2-19(22(20)30-23)17-8-12-27(13-9-17)15-16-4-5-21(25-14-16)29-18-6-10-24-11-7-18/h1-5,14,17-18,24H,6-13,15H2,(H,26,28). The van der Waals surface area contributed by atoms with Crippen LogP contribution in [-0.2, 0) is 6.54 Å². The molecule has 0 amide bonds. The molecule has 0 atom stereocenters. The SMILES string of the molecule is O=c1[nH]c2cccc(C3CCN(Cc4ccc(OC5CCNCC5)nc4)CC3)c2o1. The topological polar surface area (TPSA) is 83.4 Å². The molecule has 4 heterocycles. The molecule has 2 N–H and O–H groups in total. The van der Waals surface area contributed by atoms with E-state index in [4.69, 9.17) is 9.15 Å². The average molecular weight is 409 g/mol. The van der Waals surface area contributed by atoms with Crippen molar-refractivity contribution in [1.29, 1.82) is 0 Å². The molecule has 30 heavy (non-hydrogen) atoms. The minimum Gasteiger partial charge on any atom is -0.474 e. The van der Waals surface area contributed by atoms with Crippen LogP contribution in [0.15, 0.2) is 45.7 Å². The lowest BCUT2D eigenvalue weighted by atomic mass is 9.89. The van der Waals surface area contributed by atoms with Gasteiger partial charge in [-0.3, -0.25) is 9.88 Å². The van der Waals surface area contributed by atoms with E-state index in [1.165, 1.54) is 5.56 Å². The van der Waals surface area contributed by atoms with Crippen molar-refractivity contribution < 1.29 is 9.15 Å². The number of nitrogens with zero attached hydrogens (tertiary/aromatic N) is 2. The van der Waals surface area contributed by atoms with Gasteiger partial charge in [0.15, 0.2) is 5.58 Å². The number of aromatic nitrogens is 2. The molecule has 5 rings (SSSR count). The fourth-order valence-corrected chi connectivity index (χ4v) is 4.64. The van der Waals surface area contributed by atoms with Crippen molar-refractivity contribution in [1.82, 2.24) is 20.2 Å². The lowest BCUT2D eigenvalue weighted by Crippen LogP contribution is -2.34. The molecule has 2 aliphatic heterocycles. The van der Waals surface area contributed by atoms with E-state index in [2.05, 4.69) is 32.3 Å². The highest BCUT2D eigenvalue weighted by atomic mass is 16.5. The fraction of sp³-hybridized carbons (Fsp3) is 0.478. The summed E-state index contributed by atoms with van der Waals surface area (Å²) in [4.78, 5) is 21.3. The summed E-state index contributed by atoms with van der Waals surface area (Å²) in [6, 6.07) is 10.1. The van der Waals surface area contributed by atoms with Crippen LogP contribution in [0.1, 0.15) is 42.7 Å². The number of hydrogen-bond donors (Lipinski definition) is 2. The van der Waals surface area contributed by atoms with Crippen molar-refractivity contribution in [2.45, 2.75) is 44.2 Å². The maximum atomic E-state index is 11.6. The number of oxazole rings is 1. The van der Waals surface area contributed by atoms with Gasteiger partial charge in [0.1, 0.15) is 6.10 Å². The Morgan fingerprint density at radius 1 is 1.10 bits per heavy atom. The third-order valence-corrected chi connectivity index (χ3v) is 6.28. The molecule has 2 saturated heterocycles. The summed E-state index contributed by atoms with van der Waals surface area (Å²) in [6.45, 7) is 4.97. The zero-order valence-electron chi connectivity index (χ0n) is 17.1. The van der Waals surface area contributed by atoms with Gasteiger partial charge in [-0.05, 0) is 69.4 Å². The molecular formula is C23H28N4O3. The molecule has 0 aliphatic carbocycles. The Labute approximate surface area is 175 Å². The Morgan fingerprint density at radius 2 is 1.93 bits per heavy atom. The molecule has 0 unspecified atom stereocenters. The highest BCUT2D eigenvalue weighted by molar-refractivity contribution is 5.76. The highest BCUT2D eigenvalue weighted by Crippen LogP contribution is 2.32. The van der Waals surface area contributed by atoms with Crippen molar-refractivity contribution in [3.05, 3.63) is 58.2 Å². The second-order valence-corrected chi connectivity index (χ2v) is 8.36. The van der Waals surface area contributed by atoms with Gasteiger partial charge in [-0.15, -0.1) is 0 Å². The van der Waals surface area contributed by atoms with Crippen molar-refractivity contribution in [3.63, 3.8) is 0 Å². The second-order valence-electron chi connectivity index (χ2n) is 8.36. The summed E-state index contributed by atoms with van der Waals surface area (Å²) in [5, 5.41) is 3.35. The van der Waals surface area contributed by atoms with Gasteiger partial charge in [-0.25, -0.2) is 9.78 Å². The number of likely N-dealkylation sites (tertiary alicyclic amines) is 1. The molecule has 3 aromatic rings. The fourth-order valence-electron chi connectivity index (χ4n) is 4.64. The van der Waals surface area contributed by atoms with Gasteiger partial charge in [0.05, 0.1) is 5.52 Å². The van der Waals surface area contributed by atoms with Crippen molar-refractivity contribution >= 4 is 11.1 Å². The molecule has 0 radical (unpaired) electrons. The number of hydrogen-bond acceptors (Lipinski definition) is 6. The summed E-state index contributed by atoms with van der Waals surface area (Å²) < 4.78 is 11.4. The lowest BCUT2D eigenvalue weighted by Gasteiger charge is -2.32. The highest BCUT2D eigenvalue weighted by Gasteiger charge is 2.23. The molecule has 2 aliphatic rings. The predicted octanol–water partition coefficient (Wildman–Crippen LogP) is 3.03. The second kappa shape index (κ2) is 8.62. The molecule has 7 heteroatoms. The number of ether oxygens (including phenoxy) is 1. The number of rotatable bonds is 5. The van der Waals surface area contributed by atoms with E-state index in [9.17, 15) is 4.79 Å². The third-order valence-electron chi connectivity index (χ3n) is 6.28. The minimum absolute atomic E-state index is 0.275. The van der Waals surface area contributed by atoms with Crippen LogP contribution in [0.4, 0.5) is 0 Å². The Morgan fingerprint density at radius 3 is 2.70 bits per heavy atom. The van der Waals surface area contributed by atoms with Gasteiger partial charge in [-0.2, -0.15) is 0 Å². The van der Waals surface area contributed by atoms with E-state index in [1.54, 1.807) is 0 Å². The van der Waals surface area contributed by atoms with Gasteiger partial charge in [0, 0.05) is 24.4 Å². The third kappa shape index (κ3) is 4.27. The first-order valence-corrected chi connectivity index (χ1v) is 10.9. The lowest BCUT2D eigenvalue weighted by molar-refractivity contribution is 0.155. The summed E-state index contributed by atoms with van der Waals surface area (Å²) in [5.41, 5.74) is 3.86. The van der Waals surface area contributed by atoms with Gasteiger partial charge < -0.3 is 14.5 Å². The summed E-state index contributed by atoms with van der Waals surface area (Å²) in [7, 11) is 0. The van der Waals surface area contributed by atoms with Crippen molar-refractivity contribution in [2.75, 3.05) is 26.2 Å². The summed E-state index contributed by atoms with van der Waals surface area (Å²) in [6.07, 6.45) is 6.41. The zero-order valence-corrected chi connectivity index (χ0v) is 17.1. The zero-order chi connectivity index (χ0) is 20.3. The number of aromatic amines is 1. The number of H-pyrrole nitrogens is 1. The predicted molar refractivity (Wildman–Crippen MR) is 115 cm³/mol. The average Bonchev–Trinajstić information content (AvgIpc) is 3.17. The first-order valence-electron chi connectivity index (χ1n) is 10.9. The van der Waals surface area contributed by atoms with Crippen LogP contribution in [0.5, 0.6) is 5.88 Å². The first-order chi connectivity index (χ1) is 14.7. The van der Waals surface area contributed by atoms with E-state index < -0.39 is 0 Å². The molecule has 1 aromatic carbocycles. The van der Waals surface area contributed by atoms with E-state index in [0.717, 1.165) is 81.0 Å². The van der Waals surface area contributed by atoms with Gasteiger partial charge >= 0.3 is 5.76 Å². The Hall–Kier alpha value is -2.64. The molecular weight excluding hydrogens is 380 g/mol. The Balaban J connectivity index is 1.16. The number of para-hydroxylation sites is 1. The maximum absolute atomic E-state index is 11.6.